The molecule has 0 heterocycles. The van der Waals surface area contributed by atoms with E-state index in [4.69, 9.17) is 0 Å². The van der Waals surface area contributed by atoms with Crippen LogP contribution in [0.1, 0.15) is 0 Å². The van der Waals surface area contributed by atoms with Gasteiger partial charge in [-0.1, -0.05) is 152 Å². The Hall–Kier alpha value is -6.24. The second-order valence-electron chi connectivity index (χ2n) is 13.3. The van der Waals surface area contributed by atoms with E-state index in [-0.39, 0.29) is 0 Å². The molecular formula is C48H28. The van der Waals surface area contributed by atoms with E-state index in [0.29, 0.717) is 0 Å². The molecule has 0 amide bonds. The lowest BCUT2D eigenvalue weighted by molar-refractivity contribution is 1.63. The molecule has 0 saturated heterocycles. The second kappa shape index (κ2) is 9.64. The van der Waals surface area contributed by atoms with Crippen LogP contribution in [0.4, 0.5) is 0 Å². The van der Waals surface area contributed by atoms with Gasteiger partial charge in [-0.15, -0.1) is 0 Å². The third kappa shape index (κ3) is 3.60. The van der Waals surface area contributed by atoms with Gasteiger partial charge in [-0.2, -0.15) is 0 Å². The van der Waals surface area contributed by atoms with Crippen molar-refractivity contribution in [3.05, 3.63) is 170 Å². The minimum atomic E-state index is 1.24. The zero-order chi connectivity index (χ0) is 31.3. The van der Waals surface area contributed by atoms with Gasteiger partial charge in [0, 0.05) is 0 Å². The summed E-state index contributed by atoms with van der Waals surface area (Å²) in [5, 5.41) is 13.1. The van der Waals surface area contributed by atoms with Gasteiger partial charge < -0.3 is 0 Å². The van der Waals surface area contributed by atoms with Gasteiger partial charge in [0.1, 0.15) is 0 Å². The molecule has 1 aliphatic rings. The van der Waals surface area contributed by atoms with E-state index in [1.807, 2.05) is 0 Å². The highest BCUT2D eigenvalue weighted by molar-refractivity contribution is 6.25. The van der Waals surface area contributed by atoms with Crippen LogP contribution in [-0.4, -0.2) is 0 Å². The maximum atomic E-state index is 2.40. The van der Waals surface area contributed by atoms with Crippen LogP contribution >= 0.6 is 0 Å². The summed E-state index contributed by atoms with van der Waals surface area (Å²) in [5.41, 5.74) is 12.9. The topological polar surface area (TPSA) is 0 Å². The molecule has 220 valence electrons. The molecule has 10 aromatic rings. The quantitative estimate of drug-likeness (QED) is 0.176. The van der Waals surface area contributed by atoms with E-state index in [1.165, 1.54) is 109 Å². The highest BCUT2D eigenvalue weighted by atomic mass is 14.3. The van der Waals surface area contributed by atoms with Crippen LogP contribution in [0.2, 0.25) is 0 Å². The minimum Gasteiger partial charge on any atom is -0.0622 e. The Morgan fingerprint density at radius 2 is 0.771 bits per heavy atom. The highest BCUT2D eigenvalue weighted by Crippen LogP contribution is 2.50. The molecule has 1 aliphatic carbocycles. The highest BCUT2D eigenvalue weighted by Gasteiger charge is 2.23. The van der Waals surface area contributed by atoms with Crippen LogP contribution in [0.15, 0.2) is 170 Å². The zero-order valence-corrected chi connectivity index (χ0v) is 26.2. The molecule has 0 aromatic heterocycles. The fourth-order valence-electron chi connectivity index (χ4n) is 8.49. The number of hydrogen-bond acceptors (Lipinski definition) is 0. The van der Waals surface area contributed by atoms with Crippen LogP contribution in [-0.2, 0) is 0 Å². The summed E-state index contributed by atoms with van der Waals surface area (Å²) < 4.78 is 0. The average Bonchev–Trinajstić information content (AvgIpc) is 3.48. The molecule has 0 aliphatic heterocycles. The van der Waals surface area contributed by atoms with Gasteiger partial charge in [0.2, 0.25) is 0 Å². The van der Waals surface area contributed by atoms with E-state index >= 15 is 0 Å². The summed E-state index contributed by atoms with van der Waals surface area (Å²) in [6.07, 6.45) is 0. The van der Waals surface area contributed by atoms with E-state index in [9.17, 15) is 0 Å². The fourth-order valence-corrected chi connectivity index (χ4v) is 8.49. The van der Waals surface area contributed by atoms with Crippen molar-refractivity contribution in [3.63, 3.8) is 0 Å². The lowest BCUT2D eigenvalue weighted by atomic mass is 9.89. The lowest BCUT2D eigenvalue weighted by Crippen LogP contribution is -1.87. The van der Waals surface area contributed by atoms with Crippen LogP contribution in [0.25, 0.3) is 109 Å². The maximum absolute atomic E-state index is 2.40. The first-order chi connectivity index (χ1) is 23.8. The van der Waals surface area contributed by atoms with Gasteiger partial charge in [0.25, 0.3) is 0 Å². The van der Waals surface area contributed by atoms with Crippen molar-refractivity contribution in [2.75, 3.05) is 0 Å². The molecular weight excluding hydrogens is 577 g/mol. The van der Waals surface area contributed by atoms with Gasteiger partial charge >= 0.3 is 0 Å². The molecule has 0 bridgehead atoms. The minimum absolute atomic E-state index is 1.24. The van der Waals surface area contributed by atoms with Crippen LogP contribution < -0.4 is 0 Å². The molecule has 48 heavy (non-hydrogen) atoms. The van der Waals surface area contributed by atoms with Crippen LogP contribution in [0, 0.1) is 0 Å². The normalized spacial score (nSPS) is 12.2. The van der Waals surface area contributed by atoms with Gasteiger partial charge in [0.05, 0.1) is 0 Å². The molecule has 0 radical (unpaired) electrons. The Morgan fingerprint density at radius 1 is 0.208 bits per heavy atom. The lowest BCUT2D eigenvalue weighted by Gasteiger charge is -2.15. The molecule has 0 nitrogen and oxygen atoms in total. The van der Waals surface area contributed by atoms with Crippen LogP contribution in [0.5, 0.6) is 0 Å². The summed E-state index contributed by atoms with van der Waals surface area (Å²) in [6.45, 7) is 0. The maximum Gasteiger partial charge on any atom is -0.00201 e. The molecule has 0 heteroatoms. The smallest absolute Gasteiger partial charge is 0.00201 e. The summed E-state index contributed by atoms with van der Waals surface area (Å²) in [7, 11) is 0. The van der Waals surface area contributed by atoms with Crippen molar-refractivity contribution in [1.29, 1.82) is 0 Å². The average molecular weight is 605 g/mol. The molecule has 0 N–H and O–H groups in total. The predicted octanol–water partition coefficient (Wildman–Crippen LogP) is 13.5. The van der Waals surface area contributed by atoms with E-state index in [2.05, 4.69) is 170 Å². The predicted molar refractivity (Wildman–Crippen MR) is 206 cm³/mol. The summed E-state index contributed by atoms with van der Waals surface area (Å²) >= 11 is 0. The van der Waals surface area contributed by atoms with Gasteiger partial charge in [-0.3, -0.25) is 0 Å². The molecule has 0 atom stereocenters. The van der Waals surface area contributed by atoms with Crippen molar-refractivity contribution in [2.24, 2.45) is 0 Å². The standard InChI is InChI=1S/C48H28/c1-2-6-30(7-3-1)38-24-25-44-45-28-35(20-22-40(45)42-11-5-10-41(38)48(42)44)34-16-12-29-13-17-36(27-37(29)26-34)39-21-18-33-15-14-31-8-4-9-32-19-23-43(39)47(33)46(31)32/h1-28H. The Labute approximate surface area is 278 Å². The summed E-state index contributed by atoms with van der Waals surface area (Å²) in [6, 6.07) is 63.3. The van der Waals surface area contributed by atoms with Crippen molar-refractivity contribution in [3.8, 4) is 55.6 Å². The Kier molecular flexibility index (Phi) is 5.20. The molecule has 0 saturated carbocycles. The largest absolute Gasteiger partial charge is 0.0622 e. The first-order valence-corrected chi connectivity index (χ1v) is 16.8. The molecule has 0 fully saturated rings. The SMILES string of the molecule is c1ccc(-c2ccc3c4c(cccc24)-c2ccc(-c4ccc5ccc(-c6ccc7ccc8cccc9ccc6c7c89)cc5c4)cc2-3)cc1. The zero-order valence-electron chi connectivity index (χ0n) is 26.2. The Balaban J connectivity index is 1.04. The molecule has 11 rings (SSSR count). The Morgan fingerprint density at radius 3 is 1.65 bits per heavy atom. The van der Waals surface area contributed by atoms with E-state index in [1.54, 1.807) is 0 Å². The molecule has 0 spiro atoms. The van der Waals surface area contributed by atoms with Crippen molar-refractivity contribution < 1.29 is 0 Å². The summed E-state index contributed by atoms with van der Waals surface area (Å²) in [5.74, 6) is 0. The first kappa shape index (κ1) is 25.9. The first-order valence-electron chi connectivity index (χ1n) is 16.8. The van der Waals surface area contributed by atoms with E-state index in [0.717, 1.165) is 0 Å². The third-order valence-electron chi connectivity index (χ3n) is 10.7. The van der Waals surface area contributed by atoms with Crippen molar-refractivity contribution in [2.45, 2.75) is 0 Å². The van der Waals surface area contributed by atoms with Gasteiger partial charge in [-0.25, -0.2) is 0 Å². The summed E-state index contributed by atoms with van der Waals surface area (Å²) in [4.78, 5) is 0. The van der Waals surface area contributed by atoms with Gasteiger partial charge in [-0.05, 0) is 128 Å². The van der Waals surface area contributed by atoms with Crippen molar-refractivity contribution >= 4 is 53.9 Å². The van der Waals surface area contributed by atoms with Gasteiger partial charge in [0.15, 0.2) is 0 Å². The number of rotatable bonds is 3. The number of hydrogen-bond donors (Lipinski definition) is 0. The van der Waals surface area contributed by atoms with Crippen LogP contribution in [0.3, 0.4) is 0 Å². The molecule has 0 unspecified atom stereocenters. The number of benzene rings is 10. The molecule has 10 aromatic carbocycles. The fraction of sp³-hybridized carbons (Fsp3) is 0. The Bertz CT molecular complexity index is 2910. The monoisotopic (exact) mass is 604 g/mol. The third-order valence-corrected chi connectivity index (χ3v) is 10.7. The number of fused-ring (bicyclic) bond motifs is 4. The van der Waals surface area contributed by atoms with Crippen molar-refractivity contribution in [1.82, 2.24) is 0 Å². The second-order valence-corrected chi connectivity index (χ2v) is 13.3. The van der Waals surface area contributed by atoms with E-state index < -0.39 is 0 Å².